The Kier molecular flexibility index (Phi) is 8.56. The first-order valence-corrected chi connectivity index (χ1v) is 6.92. The Morgan fingerprint density at radius 3 is 2.23 bits per heavy atom. The summed E-state index contributed by atoms with van der Waals surface area (Å²) in [5, 5.41) is 0. The Hall–Kier alpha value is 1.25. The molecule has 0 aromatic rings. The van der Waals surface area contributed by atoms with E-state index in [0.717, 1.165) is 0 Å². The summed E-state index contributed by atoms with van der Waals surface area (Å²) in [5.74, 6) is 0. The Labute approximate surface area is 99.9 Å². The monoisotopic (exact) mass is 238 g/mol. The van der Waals surface area contributed by atoms with Crippen molar-refractivity contribution < 1.29 is 57.6 Å². The molecule has 0 rings (SSSR count). The van der Waals surface area contributed by atoms with E-state index in [9.17, 15) is 9.46 Å². The van der Waals surface area contributed by atoms with E-state index in [1.54, 1.807) is 6.92 Å². The minimum absolute atomic E-state index is 0. The summed E-state index contributed by atoms with van der Waals surface area (Å²) in [7, 11) is -9.19. The van der Waals surface area contributed by atoms with Gasteiger partial charge in [0.25, 0.3) is 0 Å². The predicted octanol–water partition coefficient (Wildman–Crippen LogP) is -4.23. The summed E-state index contributed by atoms with van der Waals surface area (Å²) >= 11 is 0. The molecule has 0 fully saturated rings. The van der Waals surface area contributed by atoms with Gasteiger partial charge in [-0.1, -0.05) is 13.3 Å². The molecule has 1 unspecified atom stereocenters. The van der Waals surface area contributed by atoms with Gasteiger partial charge in [0, 0.05) is 6.16 Å². The second-order valence-corrected chi connectivity index (χ2v) is 5.90. The fourth-order valence-electron chi connectivity index (χ4n) is 0.584. The molecule has 0 aromatic heterocycles. The van der Waals surface area contributed by atoms with Crippen LogP contribution in [0.2, 0.25) is 0 Å². The van der Waals surface area contributed by atoms with E-state index in [0.29, 0.717) is 12.8 Å². The molecule has 0 aliphatic carbocycles. The van der Waals surface area contributed by atoms with E-state index in [4.69, 9.17) is 14.4 Å². The van der Waals surface area contributed by atoms with Crippen LogP contribution < -0.4 is 34.5 Å². The zero-order chi connectivity index (χ0) is 9.83. The van der Waals surface area contributed by atoms with Crippen LogP contribution in [0.15, 0.2) is 0 Å². The molecule has 0 bridgehead atoms. The van der Waals surface area contributed by atoms with Crippen LogP contribution in [0.3, 0.4) is 0 Å². The average molecular weight is 238 g/mol. The number of rotatable bonds is 5. The van der Waals surface area contributed by atoms with Crippen molar-refractivity contribution in [1.82, 2.24) is 0 Å². The molecule has 0 saturated carbocycles. The Morgan fingerprint density at radius 2 is 1.92 bits per heavy atom. The SMILES string of the molecule is CCCCP(=O)([O-])O[Si](O)(O)O.[Na+]. The van der Waals surface area contributed by atoms with Gasteiger partial charge in [0.15, 0.2) is 0 Å². The van der Waals surface area contributed by atoms with E-state index >= 15 is 0 Å². The molecular weight excluding hydrogens is 226 g/mol. The van der Waals surface area contributed by atoms with E-state index in [1.807, 2.05) is 0 Å². The molecule has 9 heteroatoms. The van der Waals surface area contributed by atoms with Crippen molar-refractivity contribution >= 4 is 16.6 Å². The third-order valence-electron chi connectivity index (χ3n) is 1.05. The second kappa shape index (κ2) is 6.68. The van der Waals surface area contributed by atoms with Crippen LogP contribution in [0, 0.1) is 0 Å². The van der Waals surface area contributed by atoms with Gasteiger partial charge in [0.1, 0.15) is 7.60 Å². The Balaban J connectivity index is 0. The largest absolute Gasteiger partial charge is 1.00 e. The Morgan fingerprint density at radius 1 is 1.46 bits per heavy atom. The zero-order valence-electron chi connectivity index (χ0n) is 7.63. The quantitative estimate of drug-likeness (QED) is 0.331. The fraction of sp³-hybridized carbons (Fsp3) is 1.00. The summed E-state index contributed by atoms with van der Waals surface area (Å²) in [6.45, 7) is 1.78. The van der Waals surface area contributed by atoms with Gasteiger partial charge in [-0.3, -0.25) is 0 Å². The topological polar surface area (TPSA) is 110 Å². The molecule has 0 aliphatic heterocycles. The van der Waals surface area contributed by atoms with Crippen molar-refractivity contribution in [3.63, 3.8) is 0 Å². The minimum atomic E-state index is -4.92. The van der Waals surface area contributed by atoms with Gasteiger partial charge in [0.2, 0.25) is 0 Å². The van der Waals surface area contributed by atoms with E-state index in [1.165, 1.54) is 0 Å². The van der Waals surface area contributed by atoms with Gasteiger partial charge in [0.05, 0.1) is 0 Å². The summed E-state index contributed by atoms with van der Waals surface area (Å²) in [6.07, 6.45) is 0.720. The second-order valence-electron chi connectivity index (χ2n) is 2.35. The van der Waals surface area contributed by atoms with Gasteiger partial charge in [-0.2, -0.15) is 0 Å². The summed E-state index contributed by atoms with van der Waals surface area (Å²) in [5.41, 5.74) is 0. The first-order chi connectivity index (χ1) is 5.27. The third kappa shape index (κ3) is 11.2. The van der Waals surface area contributed by atoms with Gasteiger partial charge in [-0.15, -0.1) is 0 Å². The summed E-state index contributed by atoms with van der Waals surface area (Å²) in [4.78, 5) is 35.7. The third-order valence-corrected chi connectivity index (χ3v) is 4.00. The molecule has 0 spiro atoms. The van der Waals surface area contributed by atoms with Crippen molar-refractivity contribution in [1.29, 1.82) is 0 Å². The fourth-order valence-corrected chi connectivity index (χ4v) is 3.15. The summed E-state index contributed by atoms with van der Waals surface area (Å²) in [6, 6.07) is 0. The standard InChI is InChI=1S/C4H13O6PSi.Na/c1-2-3-4-11(5,6)10-12(7,8)9;/h7-9H,2-4H2,1H3,(H,5,6);/q;+1/p-1. The molecule has 0 heterocycles. The van der Waals surface area contributed by atoms with Crippen LogP contribution >= 0.6 is 7.60 Å². The maximum absolute atomic E-state index is 10.8. The van der Waals surface area contributed by atoms with Crippen molar-refractivity contribution in [2.45, 2.75) is 19.8 Å². The van der Waals surface area contributed by atoms with Crippen molar-refractivity contribution in [2.24, 2.45) is 0 Å². The van der Waals surface area contributed by atoms with Crippen molar-refractivity contribution in [2.75, 3.05) is 6.16 Å². The number of hydrogen-bond donors (Lipinski definition) is 3. The molecule has 0 aliphatic rings. The molecule has 0 radical (unpaired) electrons. The normalized spacial score (nSPS) is 16.1. The molecule has 74 valence electrons. The van der Waals surface area contributed by atoms with E-state index in [2.05, 4.69) is 4.21 Å². The molecule has 6 nitrogen and oxygen atoms in total. The smallest absolute Gasteiger partial charge is 0.779 e. The number of unbranched alkanes of at least 4 members (excludes halogenated alkanes) is 1. The van der Waals surface area contributed by atoms with Crippen LogP contribution in [0.25, 0.3) is 0 Å². The first-order valence-electron chi connectivity index (χ1n) is 3.45. The number of hydrogen-bond acceptors (Lipinski definition) is 6. The maximum atomic E-state index is 10.8. The van der Waals surface area contributed by atoms with Crippen LogP contribution in [0.1, 0.15) is 19.8 Å². The maximum Gasteiger partial charge on any atom is 1.00 e. The summed E-state index contributed by atoms with van der Waals surface area (Å²) < 4.78 is 14.5. The van der Waals surface area contributed by atoms with Gasteiger partial charge < -0.3 is 28.1 Å². The molecule has 1 atom stereocenters. The molecule has 0 saturated heterocycles. The minimum Gasteiger partial charge on any atom is -0.779 e. The van der Waals surface area contributed by atoms with Crippen molar-refractivity contribution in [3.8, 4) is 0 Å². The zero-order valence-corrected chi connectivity index (χ0v) is 11.5. The molecule has 3 N–H and O–H groups in total. The van der Waals surface area contributed by atoms with Crippen LogP contribution in [0.4, 0.5) is 0 Å². The van der Waals surface area contributed by atoms with Crippen LogP contribution in [-0.2, 0) is 8.78 Å². The van der Waals surface area contributed by atoms with Gasteiger partial charge in [-0.25, -0.2) is 0 Å². The van der Waals surface area contributed by atoms with E-state index < -0.39 is 16.6 Å². The molecular formula is C4H12NaO6PSi. The average Bonchev–Trinajstić information content (AvgIpc) is 1.78. The first kappa shape index (κ1) is 16.7. The molecule has 13 heavy (non-hydrogen) atoms. The van der Waals surface area contributed by atoms with Crippen molar-refractivity contribution in [3.05, 3.63) is 0 Å². The van der Waals surface area contributed by atoms with E-state index in [-0.39, 0.29) is 35.7 Å². The van der Waals surface area contributed by atoms with Gasteiger partial charge in [-0.05, 0) is 6.42 Å². The van der Waals surface area contributed by atoms with Crippen LogP contribution in [0.5, 0.6) is 0 Å². The molecule has 0 amide bonds. The van der Waals surface area contributed by atoms with Gasteiger partial charge >= 0.3 is 38.6 Å². The Bertz CT molecular complexity index is 182. The predicted molar refractivity (Wildman–Crippen MR) is 40.9 cm³/mol. The van der Waals surface area contributed by atoms with Crippen LogP contribution in [-0.4, -0.2) is 29.6 Å². The molecule has 0 aromatic carbocycles.